The van der Waals surface area contributed by atoms with Crippen LogP contribution in [-0.2, 0) is 0 Å². The lowest BCUT2D eigenvalue weighted by atomic mass is 9.79. The molecule has 2 aliphatic carbocycles. The lowest BCUT2D eigenvalue weighted by Gasteiger charge is -2.40. The van der Waals surface area contributed by atoms with Gasteiger partial charge in [0, 0.05) is 25.2 Å². The van der Waals surface area contributed by atoms with E-state index in [0.29, 0.717) is 11.5 Å². The normalized spacial score (nSPS) is 23.8. The van der Waals surface area contributed by atoms with Crippen LogP contribution in [0.2, 0.25) is 0 Å². The van der Waals surface area contributed by atoms with Crippen LogP contribution in [0.25, 0.3) is 0 Å². The van der Waals surface area contributed by atoms with Gasteiger partial charge in [0.1, 0.15) is 0 Å². The summed E-state index contributed by atoms with van der Waals surface area (Å²) < 4.78 is 0. The predicted molar refractivity (Wildman–Crippen MR) is 83.5 cm³/mol. The lowest BCUT2D eigenvalue weighted by molar-refractivity contribution is 0.108. The van der Waals surface area contributed by atoms with Gasteiger partial charge in [-0.15, -0.1) is 0 Å². The van der Waals surface area contributed by atoms with Crippen molar-refractivity contribution in [3.8, 4) is 0 Å². The summed E-state index contributed by atoms with van der Waals surface area (Å²) >= 11 is 0. The Labute approximate surface area is 120 Å². The van der Waals surface area contributed by atoms with Crippen molar-refractivity contribution in [3.63, 3.8) is 0 Å². The summed E-state index contributed by atoms with van der Waals surface area (Å²) in [5, 5.41) is 3.84. The van der Waals surface area contributed by atoms with E-state index in [0.717, 1.165) is 6.04 Å². The number of nitrogens with one attached hydrogen (secondary N) is 1. The van der Waals surface area contributed by atoms with Crippen LogP contribution in [0.4, 0.5) is 0 Å². The zero-order valence-electron chi connectivity index (χ0n) is 13.4. The molecule has 19 heavy (non-hydrogen) atoms. The molecule has 1 N–H and O–H groups in total. The zero-order valence-corrected chi connectivity index (χ0v) is 13.4. The summed E-state index contributed by atoms with van der Waals surface area (Å²) in [7, 11) is 0. The monoisotopic (exact) mass is 266 g/mol. The molecular formula is C17H34N2. The maximum Gasteiger partial charge on any atom is 0.00684 e. The minimum atomic E-state index is 0.555. The fourth-order valence-electron chi connectivity index (χ4n) is 3.61. The van der Waals surface area contributed by atoms with E-state index in [2.05, 4.69) is 31.0 Å². The summed E-state index contributed by atoms with van der Waals surface area (Å²) in [5.74, 6) is 0. The molecule has 0 bridgehead atoms. The van der Waals surface area contributed by atoms with E-state index in [9.17, 15) is 0 Å². The van der Waals surface area contributed by atoms with Gasteiger partial charge in [-0.1, -0.05) is 32.6 Å². The zero-order chi connectivity index (χ0) is 13.7. The molecule has 2 saturated carbocycles. The fraction of sp³-hybridized carbons (Fsp3) is 1.00. The first-order valence-corrected chi connectivity index (χ1v) is 8.63. The molecule has 2 rings (SSSR count). The van der Waals surface area contributed by atoms with E-state index in [4.69, 9.17) is 0 Å². The molecule has 0 aromatic heterocycles. The van der Waals surface area contributed by atoms with Gasteiger partial charge >= 0.3 is 0 Å². The van der Waals surface area contributed by atoms with Gasteiger partial charge in [0.25, 0.3) is 0 Å². The minimum absolute atomic E-state index is 0.555. The summed E-state index contributed by atoms with van der Waals surface area (Å²) in [6, 6.07) is 1.54. The van der Waals surface area contributed by atoms with Crippen LogP contribution in [0.1, 0.15) is 72.1 Å². The quantitative estimate of drug-likeness (QED) is 0.705. The Balaban J connectivity index is 1.97. The van der Waals surface area contributed by atoms with E-state index in [1.54, 1.807) is 0 Å². The molecule has 0 saturated heterocycles. The van der Waals surface area contributed by atoms with Gasteiger partial charge in [-0.05, 0) is 51.5 Å². The van der Waals surface area contributed by atoms with E-state index in [1.165, 1.54) is 71.0 Å². The smallest absolute Gasteiger partial charge is 0.00684 e. The third-order valence-electron chi connectivity index (χ3n) is 5.18. The molecule has 2 fully saturated rings. The molecule has 0 unspecified atom stereocenters. The first-order valence-electron chi connectivity index (χ1n) is 8.63. The number of rotatable bonds is 7. The topological polar surface area (TPSA) is 15.3 Å². The van der Waals surface area contributed by atoms with Gasteiger partial charge in [0.2, 0.25) is 0 Å². The van der Waals surface area contributed by atoms with Crippen LogP contribution in [0, 0.1) is 5.41 Å². The second-order valence-corrected chi connectivity index (χ2v) is 7.23. The Kier molecular flexibility index (Phi) is 5.70. The van der Waals surface area contributed by atoms with Crippen molar-refractivity contribution in [2.45, 2.75) is 84.2 Å². The Bertz CT molecular complexity index is 250. The lowest BCUT2D eigenvalue weighted by Crippen LogP contribution is -2.46. The standard InChI is InChI=1S/C17H34N2/c1-4-19(15(2)3)14-17(13-18-16-9-10-16)11-7-5-6-8-12-17/h15-16,18H,4-14H2,1-3H3. The Morgan fingerprint density at radius 3 is 2.21 bits per heavy atom. The van der Waals surface area contributed by atoms with Crippen molar-refractivity contribution in [2.24, 2.45) is 5.41 Å². The van der Waals surface area contributed by atoms with Crippen molar-refractivity contribution in [1.29, 1.82) is 0 Å². The van der Waals surface area contributed by atoms with E-state index < -0.39 is 0 Å². The van der Waals surface area contributed by atoms with Crippen LogP contribution < -0.4 is 5.32 Å². The number of hydrogen-bond acceptors (Lipinski definition) is 2. The van der Waals surface area contributed by atoms with Crippen molar-refractivity contribution in [2.75, 3.05) is 19.6 Å². The van der Waals surface area contributed by atoms with Crippen LogP contribution in [0.15, 0.2) is 0 Å². The molecule has 0 radical (unpaired) electrons. The largest absolute Gasteiger partial charge is 0.313 e. The second kappa shape index (κ2) is 7.08. The first kappa shape index (κ1) is 15.3. The average molecular weight is 266 g/mol. The molecule has 0 aromatic carbocycles. The van der Waals surface area contributed by atoms with E-state index in [-0.39, 0.29) is 0 Å². The molecule has 2 aliphatic rings. The molecule has 0 spiro atoms. The number of hydrogen-bond donors (Lipinski definition) is 1. The minimum Gasteiger partial charge on any atom is -0.313 e. The summed E-state index contributed by atoms with van der Waals surface area (Å²) in [6.07, 6.45) is 11.5. The van der Waals surface area contributed by atoms with Gasteiger partial charge in [0.15, 0.2) is 0 Å². The molecule has 0 aliphatic heterocycles. The van der Waals surface area contributed by atoms with Crippen LogP contribution in [0.5, 0.6) is 0 Å². The predicted octanol–water partition coefficient (Wildman–Crippen LogP) is 3.81. The molecule has 0 amide bonds. The van der Waals surface area contributed by atoms with Gasteiger partial charge in [-0.3, -0.25) is 0 Å². The van der Waals surface area contributed by atoms with Gasteiger partial charge in [-0.25, -0.2) is 0 Å². The summed E-state index contributed by atoms with van der Waals surface area (Å²) in [6.45, 7) is 10.8. The van der Waals surface area contributed by atoms with Crippen LogP contribution >= 0.6 is 0 Å². The summed E-state index contributed by atoms with van der Waals surface area (Å²) in [4.78, 5) is 2.68. The van der Waals surface area contributed by atoms with Gasteiger partial charge < -0.3 is 10.2 Å². The van der Waals surface area contributed by atoms with Crippen LogP contribution in [0.3, 0.4) is 0 Å². The first-order chi connectivity index (χ1) is 9.15. The second-order valence-electron chi connectivity index (χ2n) is 7.23. The third-order valence-corrected chi connectivity index (χ3v) is 5.18. The highest BCUT2D eigenvalue weighted by Crippen LogP contribution is 2.36. The molecule has 0 aromatic rings. The summed E-state index contributed by atoms with van der Waals surface area (Å²) in [5.41, 5.74) is 0.555. The highest BCUT2D eigenvalue weighted by Gasteiger charge is 2.34. The Morgan fingerprint density at radius 1 is 1.11 bits per heavy atom. The van der Waals surface area contributed by atoms with Crippen molar-refractivity contribution in [1.82, 2.24) is 10.2 Å². The van der Waals surface area contributed by atoms with Crippen molar-refractivity contribution < 1.29 is 0 Å². The maximum absolute atomic E-state index is 3.84. The maximum atomic E-state index is 3.84. The van der Waals surface area contributed by atoms with E-state index >= 15 is 0 Å². The van der Waals surface area contributed by atoms with E-state index in [1.807, 2.05) is 0 Å². The molecule has 2 nitrogen and oxygen atoms in total. The third kappa shape index (κ3) is 4.75. The number of nitrogens with zero attached hydrogens (tertiary/aromatic N) is 1. The Hall–Kier alpha value is -0.0800. The van der Waals surface area contributed by atoms with Gasteiger partial charge in [0.05, 0.1) is 0 Å². The molecule has 112 valence electrons. The molecule has 2 heteroatoms. The Morgan fingerprint density at radius 2 is 1.74 bits per heavy atom. The van der Waals surface area contributed by atoms with Gasteiger partial charge in [-0.2, -0.15) is 0 Å². The van der Waals surface area contributed by atoms with Crippen molar-refractivity contribution >= 4 is 0 Å². The molecular weight excluding hydrogens is 232 g/mol. The fourth-order valence-corrected chi connectivity index (χ4v) is 3.61. The highest BCUT2D eigenvalue weighted by atomic mass is 15.2. The van der Waals surface area contributed by atoms with Crippen LogP contribution in [-0.4, -0.2) is 36.6 Å². The highest BCUT2D eigenvalue weighted by molar-refractivity contribution is 4.91. The SMILES string of the molecule is CCN(CC1(CNC2CC2)CCCCCC1)C(C)C. The average Bonchev–Trinajstić information content (AvgIpc) is 3.21. The molecule has 0 atom stereocenters. The molecule has 0 heterocycles. The van der Waals surface area contributed by atoms with Crippen molar-refractivity contribution in [3.05, 3.63) is 0 Å².